The Balaban J connectivity index is 2.24. The smallest absolute Gasteiger partial charge is 0.123 e. The third-order valence-corrected chi connectivity index (χ3v) is 4.39. The molecule has 1 aromatic rings. The van der Waals surface area contributed by atoms with Crippen molar-refractivity contribution in [3.63, 3.8) is 0 Å². The van der Waals surface area contributed by atoms with E-state index in [4.69, 9.17) is 5.73 Å². The first-order valence-electron chi connectivity index (χ1n) is 6.51. The lowest BCUT2D eigenvalue weighted by Gasteiger charge is -2.37. The van der Waals surface area contributed by atoms with Gasteiger partial charge in [0.15, 0.2) is 0 Å². The van der Waals surface area contributed by atoms with Crippen LogP contribution in [0.5, 0.6) is 0 Å². The van der Waals surface area contributed by atoms with Crippen LogP contribution in [0.15, 0.2) is 22.7 Å². The van der Waals surface area contributed by atoms with Crippen LogP contribution in [0.4, 0.5) is 4.39 Å². The van der Waals surface area contributed by atoms with Crippen molar-refractivity contribution >= 4 is 15.9 Å². The van der Waals surface area contributed by atoms with E-state index in [-0.39, 0.29) is 11.9 Å². The van der Waals surface area contributed by atoms with E-state index in [1.807, 2.05) is 0 Å². The van der Waals surface area contributed by atoms with Crippen LogP contribution in [0.2, 0.25) is 0 Å². The Morgan fingerprint density at radius 2 is 2.33 bits per heavy atom. The third-order valence-electron chi connectivity index (χ3n) is 3.67. The fourth-order valence-electron chi connectivity index (χ4n) is 2.75. The summed E-state index contributed by atoms with van der Waals surface area (Å²) in [6.45, 7) is 4.88. The van der Waals surface area contributed by atoms with Gasteiger partial charge >= 0.3 is 0 Å². The number of piperidine rings is 1. The lowest BCUT2D eigenvalue weighted by molar-refractivity contribution is 0.132. The molecule has 4 heteroatoms. The molecule has 0 amide bonds. The van der Waals surface area contributed by atoms with Crippen molar-refractivity contribution in [2.24, 2.45) is 11.7 Å². The molecule has 100 valence electrons. The van der Waals surface area contributed by atoms with E-state index in [1.54, 1.807) is 12.1 Å². The third kappa shape index (κ3) is 3.11. The summed E-state index contributed by atoms with van der Waals surface area (Å²) in [7, 11) is 0. The Bertz CT molecular complexity index is 411. The van der Waals surface area contributed by atoms with Crippen LogP contribution in [0.3, 0.4) is 0 Å². The maximum absolute atomic E-state index is 13.4. The van der Waals surface area contributed by atoms with Crippen molar-refractivity contribution in [2.75, 3.05) is 19.6 Å². The molecule has 2 nitrogen and oxygen atoms in total. The summed E-state index contributed by atoms with van der Waals surface area (Å²) in [6, 6.07) is 4.94. The number of likely N-dealkylation sites (tertiary alicyclic amines) is 1. The van der Waals surface area contributed by atoms with Gasteiger partial charge in [-0.15, -0.1) is 0 Å². The van der Waals surface area contributed by atoms with Gasteiger partial charge in [-0.25, -0.2) is 4.39 Å². The van der Waals surface area contributed by atoms with Crippen molar-refractivity contribution in [3.8, 4) is 0 Å². The van der Waals surface area contributed by atoms with Gasteiger partial charge in [0, 0.05) is 23.6 Å². The van der Waals surface area contributed by atoms with Crippen molar-refractivity contribution in [2.45, 2.75) is 25.8 Å². The van der Waals surface area contributed by atoms with Crippen LogP contribution in [0, 0.1) is 11.7 Å². The van der Waals surface area contributed by atoms with Crippen molar-refractivity contribution in [1.29, 1.82) is 0 Å². The van der Waals surface area contributed by atoms with Crippen LogP contribution in [-0.2, 0) is 0 Å². The highest BCUT2D eigenvalue weighted by molar-refractivity contribution is 9.10. The molecule has 1 aliphatic rings. The van der Waals surface area contributed by atoms with Gasteiger partial charge < -0.3 is 5.73 Å². The number of benzene rings is 1. The van der Waals surface area contributed by atoms with E-state index < -0.39 is 0 Å². The number of hydrogen-bond acceptors (Lipinski definition) is 2. The fraction of sp³-hybridized carbons (Fsp3) is 0.571. The number of halogens is 2. The Hall–Kier alpha value is -0.450. The molecule has 2 rings (SSSR count). The molecule has 1 heterocycles. The molecule has 0 spiro atoms. The first kappa shape index (κ1) is 14.0. The van der Waals surface area contributed by atoms with Crippen LogP contribution >= 0.6 is 15.9 Å². The summed E-state index contributed by atoms with van der Waals surface area (Å²) in [5.74, 6) is 0.497. The van der Waals surface area contributed by atoms with Crippen LogP contribution in [0.25, 0.3) is 0 Å². The Labute approximate surface area is 116 Å². The van der Waals surface area contributed by atoms with Crippen LogP contribution in [0.1, 0.15) is 31.4 Å². The molecule has 18 heavy (non-hydrogen) atoms. The summed E-state index contributed by atoms with van der Waals surface area (Å²) < 4.78 is 14.3. The van der Waals surface area contributed by atoms with Gasteiger partial charge in [0.25, 0.3) is 0 Å². The number of hydrogen-bond donors (Lipinski definition) is 1. The quantitative estimate of drug-likeness (QED) is 0.927. The summed E-state index contributed by atoms with van der Waals surface area (Å²) in [6.07, 6.45) is 2.47. The van der Waals surface area contributed by atoms with E-state index in [0.717, 1.165) is 23.1 Å². The first-order valence-corrected chi connectivity index (χ1v) is 7.30. The van der Waals surface area contributed by atoms with Gasteiger partial charge in [0.2, 0.25) is 0 Å². The second kappa shape index (κ2) is 6.13. The molecule has 0 aliphatic carbocycles. The predicted molar refractivity (Wildman–Crippen MR) is 75.9 cm³/mol. The molecule has 0 saturated carbocycles. The minimum absolute atomic E-state index is 0.109. The van der Waals surface area contributed by atoms with E-state index >= 15 is 0 Å². The highest BCUT2D eigenvalue weighted by Crippen LogP contribution is 2.31. The van der Waals surface area contributed by atoms with Crippen molar-refractivity contribution < 1.29 is 4.39 Å². The Morgan fingerprint density at radius 1 is 1.56 bits per heavy atom. The summed E-state index contributed by atoms with van der Waals surface area (Å²) in [4.78, 5) is 2.38. The second-order valence-electron chi connectivity index (χ2n) is 5.16. The molecule has 1 saturated heterocycles. The van der Waals surface area contributed by atoms with Crippen molar-refractivity contribution in [1.82, 2.24) is 4.90 Å². The number of rotatable bonds is 3. The molecule has 2 atom stereocenters. The SMILES string of the molecule is CC1CCCN(C(CN)c2cc(F)ccc2Br)C1. The zero-order chi connectivity index (χ0) is 13.1. The molecule has 1 aromatic carbocycles. The molecular formula is C14H20BrFN2. The van der Waals surface area contributed by atoms with Gasteiger partial charge in [-0.3, -0.25) is 4.90 Å². The highest BCUT2D eigenvalue weighted by atomic mass is 79.9. The molecule has 0 bridgehead atoms. The summed E-state index contributed by atoms with van der Waals surface area (Å²) >= 11 is 3.50. The molecule has 1 aliphatic heterocycles. The minimum Gasteiger partial charge on any atom is -0.329 e. The lowest BCUT2D eigenvalue weighted by atomic mass is 9.96. The second-order valence-corrected chi connectivity index (χ2v) is 6.01. The predicted octanol–water partition coefficient (Wildman–Crippen LogP) is 3.32. The van der Waals surface area contributed by atoms with E-state index in [1.165, 1.54) is 18.9 Å². The standard InChI is InChI=1S/C14H20BrFN2/c1-10-3-2-6-18(9-10)14(8-17)12-7-11(16)4-5-13(12)15/h4-5,7,10,14H,2-3,6,8-9,17H2,1H3. The normalized spacial score (nSPS) is 23.0. The van der Waals surface area contributed by atoms with E-state index in [0.29, 0.717) is 12.5 Å². The molecule has 1 fully saturated rings. The Morgan fingerprint density at radius 3 is 3.00 bits per heavy atom. The van der Waals surface area contributed by atoms with Crippen LogP contribution < -0.4 is 5.73 Å². The van der Waals surface area contributed by atoms with E-state index in [2.05, 4.69) is 27.8 Å². The zero-order valence-electron chi connectivity index (χ0n) is 10.7. The summed E-state index contributed by atoms with van der Waals surface area (Å²) in [5, 5.41) is 0. The van der Waals surface area contributed by atoms with Gasteiger partial charge in [0.1, 0.15) is 5.82 Å². The largest absolute Gasteiger partial charge is 0.329 e. The fourth-order valence-corrected chi connectivity index (χ4v) is 3.26. The molecule has 2 unspecified atom stereocenters. The molecular weight excluding hydrogens is 295 g/mol. The van der Waals surface area contributed by atoms with Crippen LogP contribution in [-0.4, -0.2) is 24.5 Å². The number of nitrogens with two attached hydrogens (primary N) is 1. The number of nitrogens with zero attached hydrogens (tertiary/aromatic N) is 1. The highest BCUT2D eigenvalue weighted by Gasteiger charge is 2.25. The average molecular weight is 315 g/mol. The Kier molecular flexibility index (Phi) is 4.76. The monoisotopic (exact) mass is 314 g/mol. The minimum atomic E-state index is -0.197. The topological polar surface area (TPSA) is 29.3 Å². The van der Waals surface area contributed by atoms with Gasteiger partial charge in [-0.1, -0.05) is 22.9 Å². The van der Waals surface area contributed by atoms with Gasteiger partial charge in [-0.2, -0.15) is 0 Å². The zero-order valence-corrected chi connectivity index (χ0v) is 12.3. The maximum atomic E-state index is 13.4. The first-order chi connectivity index (χ1) is 8.61. The average Bonchev–Trinajstić information content (AvgIpc) is 2.35. The summed E-state index contributed by atoms with van der Waals surface area (Å²) in [5.41, 5.74) is 6.88. The van der Waals surface area contributed by atoms with Gasteiger partial charge in [-0.05, 0) is 49.1 Å². The maximum Gasteiger partial charge on any atom is 0.123 e. The lowest BCUT2D eigenvalue weighted by Crippen LogP contribution is -2.40. The van der Waals surface area contributed by atoms with Crippen molar-refractivity contribution in [3.05, 3.63) is 34.1 Å². The molecule has 0 aromatic heterocycles. The molecule has 2 N–H and O–H groups in total. The van der Waals surface area contributed by atoms with Gasteiger partial charge in [0.05, 0.1) is 0 Å². The van der Waals surface area contributed by atoms with E-state index in [9.17, 15) is 4.39 Å². The molecule has 0 radical (unpaired) electrons.